The lowest BCUT2D eigenvalue weighted by Gasteiger charge is -2.23. The Kier molecular flexibility index (Phi) is 5.91. The molecule has 1 aliphatic rings. The fourth-order valence-corrected chi connectivity index (χ4v) is 2.87. The van der Waals surface area contributed by atoms with E-state index in [4.69, 9.17) is 4.74 Å². The molecule has 1 heteroatoms. The Morgan fingerprint density at radius 1 is 1.39 bits per heavy atom. The number of hydrogen-bond acceptors (Lipinski definition) is 1. The van der Waals surface area contributed by atoms with Crippen molar-refractivity contribution in [3.8, 4) is 0 Å². The van der Waals surface area contributed by atoms with E-state index in [2.05, 4.69) is 47.6 Å². The van der Waals surface area contributed by atoms with E-state index in [0.29, 0.717) is 11.3 Å². The lowest BCUT2D eigenvalue weighted by molar-refractivity contribution is 0.0925. The summed E-state index contributed by atoms with van der Waals surface area (Å²) in [5.74, 6) is 2.47. The first-order chi connectivity index (χ1) is 8.29. The van der Waals surface area contributed by atoms with Crippen LogP contribution in [-0.4, -0.2) is 13.2 Å². The van der Waals surface area contributed by atoms with Gasteiger partial charge >= 0.3 is 0 Å². The van der Waals surface area contributed by atoms with Gasteiger partial charge < -0.3 is 4.74 Å². The van der Waals surface area contributed by atoms with Crippen LogP contribution in [0.1, 0.15) is 60.8 Å². The fraction of sp³-hybridized carbons (Fsp3) is 0.882. The summed E-state index contributed by atoms with van der Waals surface area (Å²) in [7, 11) is 0. The monoisotopic (exact) mass is 252 g/mol. The van der Waals surface area contributed by atoms with E-state index in [-0.39, 0.29) is 0 Å². The van der Waals surface area contributed by atoms with E-state index in [9.17, 15) is 0 Å². The topological polar surface area (TPSA) is 9.23 Å². The molecule has 0 aromatic carbocycles. The Morgan fingerprint density at radius 3 is 2.50 bits per heavy atom. The van der Waals surface area contributed by atoms with Crippen LogP contribution in [0.15, 0.2) is 11.6 Å². The first-order valence-corrected chi connectivity index (χ1v) is 7.54. The van der Waals surface area contributed by atoms with Gasteiger partial charge in [0.2, 0.25) is 0 Å². The number of hydrogen-bond donors (Lipinski definition) is 0. The molecule has 0 aromatic rings. The third kappa shape index (κ3) is 6.58. The van der Waals surface area contributed by atoms with Crippen LogP contribution in [0.3, 0.4) is 0 Å². The minimum atomic E-state index is 0.418. The highest BCUT2D eigenvalue weighted by molar-refractivity contribution is 5.12. The summed E-state index contributed by atoms with van der Waals surface area (Å²) in [5.41, 5.74) is 2.00. The van der Waals surface area contributed by atoms with Gasteiger partial charge in [0.05, 0.1) is 6.61 Å². The molecule has 0 saturated heterocycles. The third-order valence-electron chi connectivity index (χ3n) is 3.79. The SMILES string of the molecule is CC(=CCCOCC(C)CC(C)(C)C)C1CC1C. The summed E-state index contributed by atoms with van der Waals surface area (Å²) < 4.78 is 5.77. The van der Waals surface area contributed by atoms with Gasteiger partial charge in [0, 0.05) is 6.61 Å². The van der Waals surface area contributed by atoms with Crippen molar-refractivity contribution in [3.05, 3.63) is 11.6 Å². The third-order valence-corrected chi connectivity index (χ3v) is 3.79. The molecular weight excluding hydrogens is 220 g/mol. The van der Waals surface area contributed by atoms with Crippen molar-refractivity contribution in [2.24, 2.45) is 23.2 Å². The van der Waals surface area contributed by atoms with Crippen LogP contribution in [0.4, 0.5) is 0 Å². The Morgan fingerprint density at radius 2 is 2.00 bits per heavy atom. The van der Waals surface area contributed by atoms with Crippen molar-refractivity contribution >= 4 is 0 Å². The van der Waals surface area contributed by atoms with E-state index >= 15 is 0 Å². The van der Waals surface area contributed by atoms with Crippen molar-refractivity contribution in [1.82, 2.24) is 0 Å². The molecule has 0 spiro atoms. The van der Waals surface area contributed by atoms with Crippen LogP contribution >= 0.6 is 0 Å². The second-order valence-corrected chi connectivity index (χ2v) is 7.50. The van der Waals surface area contributed by atoms with E-state index in [1.165, 1.54) is 12.8 Å². The summed E-state index contributed by atoms with van der Waals surface area (Å²) in [6, 6.07) is 0. The van der Waals surface area contributed by atoms with E-state index in [0.717, 1.165) is 31.5 Å². The van der Waals surface area contributed by atoms with E-state index in [1.54, 1.807) is 5.57 Å². The normalized spacial score (nSPS) is 26.2. The molecule has 0 aliphatic heterocycles. The lowest BCUT2D eigenvalue weighted by atomic mass is 9.86. The van der Waals surface area contributed by atoms with Crippen LogP contribution in [0, 0.1) is 23.2 Å². The van der Waals surface area contributed by atoms with Crippen molar-refractivity contribution in [1.29, 1.82) is 0 Å². The highest BCUT2D eigenvalue weighted by atomic mass is 16.5. The molecule has 1 nitrogen and oxygen atoms in total. The average molecular weight is 252 g/mol. The van der Waals surface area contributed by atoms with Gasteiger partial charge in [0.25, 0.3) is 0 Å². The second-order valence-electron chi connectivity index (χ2n) is 7.50. The van der Waals surface area contributed by atoms with Crippen LogP contribution in [0.25, 0.3) is 0 Å². The van der Waals surface area contributed by atoms with Crippen molar-refractivity contribution in [2.45, 2.75) is 60.8 Å². The summed E-state index contributed by atoms with van der Waals surface area (Å²) in [5, 5.41) is 0. The lowest BCUT2D eigenvalue weighted by Crippen LogP contribution is -2.15. The zero-order chi connectivity index (χ0) is 13.8. The van der Waals surface area contributed by atoms with Crippen LogP contribution in [-0.2, 0) is 4.74 Å². The number of rotatable bonds is 7. The maximum absolute atomic E-state index is 5.77. The minimum absolute atomic E-state index is 0.418. The maximum Gasteiger partial charge on any atom is 0.0500 e. The average Bonchev–Trinajstić information content (AvgIpc) is 2.92. The van der Waals surface area contributed by atoms with E-state index in [1.807, 2.05) is 0 Å². The molecule has 0 aromatic heterocycles. The first kappa shape index (κ1) is 15.8. The van der Waals surface area contributed by atoms with E-state index < -0.39 is 0 Å². The summed E-state index contributed by atoms with van der Waals surface area (Å²) in [4.78, 5) is 0. The molecule has 106 valence electrons. The highest BCUT2D eigenvalue weighted by Crippen LogP contribution is 2.43. The Balaban J connectivity index is 2.05. The van der Waals surface area contributed by atoms with Crippen LogP contribution < -0.4 is 0 Å². The van der Waals surface area contributed by atoms with Crippen LogP contribution in [0.2, 0.25) is 0 Å². The first-order valence-electron chi connectivity index (χ1n) is 7.54. The zero-order valence-corrected chi connectivity index (χ0v) is 13.3. The molecule has 3 unspecified atom stereocenters. The van der Waals surface area contributed by atoms with Crippen molar-refractivity contribution in [2.75, 3.05) is 13.2 Å². The van der Waals surface area contributed by atoms with Gasteiger partial charge in [-0.15, -0.1) is 0 Å². The molecule has 0 bridgehead atoms. The Hall–Kier alpha value is -0.300. The summed E-state index contributed by atoms with van der Waals surface area (Å²) in [6.45, 7) is 15.6. The largest absolute Gasteiger partial charge is 0.381 e. The smallest absolute Gasteiger partial charge is 0.0500 e. The number of allylic oxidation sites excluding steroid dienone is 1. The molecule has 1 saturated carbocycles. The molecule has 18 heavy (non-hydrogen) atoms. The summed E-state index contributed by atoms with van der Waals surface area (Å²) in [6.07, 6.45) is 6.09. The standard InChI is InChI=1S/C17H32O/c1-13(11-17(4,5)6)12-18-9-7-8-14(2)16-10-15(16)3/h8,13,15-16H,7,9-12H2,1-6H3. The molecule has 0 N–H and O–H groups in total. The highest BCUT2D eigenvalue weighted by Gasteiger charge is 2.33. The molecule has 0 amide bonds. The van der Waals surface area contributed by atoms with Gasteiger partial charge in [-0.2, -0.15) is 0 Å². The second kappa shape index (κ2) is 6.75. The predicted octanol–water partition coefficient (Wildman–Crippen LogP) is 5.07. The summed E-state index contributed by atoms with van der Waals surface area (Å²) >= 11 is 0. The van der Waals surface area contributed by atoms with Crippen LogP contribution in [0.5, 0.6) is 0 Å². The Labute approximate surface area is 114 Å². The van der Waals surface area contributed by atoms with Gasteiger partial charge in [-0.25, -0.2) is 0 Å². The zero-order valence-electron chi connectivity index (χ0n) is 13.3. The molecular formula is C17H32O. The Bertz CT molecular complexity index is 272. The van der Waals surface area contributed by atoms with Crippen molar-refractivity contribution in [3.63, 3.8) is 0 Å². The molecule has 1 rings (SSSR count). The van der Waals surface area contributed by atoms with Gasteiger partial charge in [0.1, 0.15) is 0 Å². The molecule has 3 atom stereocenters. The predicted molar refractivity (Wildman–Crippen MR) is 79.7 cm³/mol. The van der Waals surface area contributed by atoms with Gasteiger partial charge in [-0.05, 0) is 49.4 Å². The van der Waals surface area contributed by atoms with Gasteiger partial charge in [0.15, 0.2) is 0 Å². The van der Waals surface area contributed by atoms with Crippen molar-refractivity contribution < 1.29 is 4.74 Å². The van der Waals surface area contributed by atoms with Gasteiger partial charge in [-0.3, -0.25) is 0 Å². The fourth-order valence-electron chi connectivity index (χ4n) is 2.87. The minimum Gasteiger partial charge on any atom is -0.381 e. The molecule has 1 fully saturated rings. The van der Waals surface area contributed by atoms with Gasteiger partial charge in [-0.1, -0.05) is 46.3 Å². The quantitative estimate of drug-likeness (QED) is 0.454. The molecule has 0 heterocycles. The molecule has 1 aliphatic carbocycles. The number of ether oxygens (including phenoxy) is 1. The molecule has 0 radical (unpaired) electrons. The maximum atomic E-state index is 5.77.